The second kappa shape index (κ2) is 10.9. The molecule has 3 aromatic rings. The van der Waals surface area contributed by atoms with E-state index in [4.69, 9.17) is 14.2 Å². The molecule has 1 aliphatic heterocycles. The molecule has 2 heterocycles. The molecule has 2 aromatic carbocycles. The van der Waals surface area contributed by atoms with Crippen LogP contribution in [0.25, 0.3) is 6.08 Å². The average Bonchev–Trinajstić information content (AvgIpc) is 3.15. The van der Waals surface area contributed by atoms with Gasteiger partial charge in [0.05, 0.1) is 45.7 Å². The number of thiazole rings is 1. The van der Waals surface area contributed by atoms with Gasteiger partial charge in [0.25, 0.3) is 5.56 Å². The Hall–Kier alpha value is -3.12. The van der Waals surface area contributed by atoms with Gasteiger partial charge in [0.15, 0.2) is 16.3 Å². The highest BCUT2D eigenvalue weighted by atomic mass is 127. The van der Waals surface area contributed by atoms with E-state index in [0.29, 0.717) is 47.8 Å². The first kappa shape index (κ1) is 26.0. The highest BCUT2D eigenvalue weighted by molar-refractivity contribution is 14.1. The van der Waals surface area contributed by atoms with Crippen molar-refractivity contribution >= 4 is 46.0 Å². The Labute approximate surface area is 225 Å². The molecule has 0 saturated heterocycles. The Bertz CT molecular complexity index is 1520. The van der Waals surface area contributed by atoms with Crippen LogP contribution in [0.5, 0.6) is 17.2 Å². The van der Waals surface area contributed by atoms with Gasteiger partial charge in [-0.15, -0.1) is 0 Å². The summed E-state index contributed by atoms with van der Waals surface area (Å²) in [6, 6.07) is 9.99. The normalized spacial score (nSPS) is 15.4. The number of fused-ring (bicyclic) bond motifs is 1. The molecule has 8 nitrogen and oxygen atoms in total. The van der Waals surface area contributed by atoms with Crippen LogP contribution in [0, 0.1) is 3.57 Å². The molecule has 0 bridgehead atoms. The number of nitrogens with zero attached hydrogens (tertiary/aromatic N) is 2. The van der Waals surface area contributed by atoms with E-state index in [9.17, 15) is 14.7 Å². The average molecular weight is 620 g/mol. The van der Waals surface area contributed by atoms with Gasteiger partial charge in [-0.05, 0) is 84.8 Å². The predicted molar refractivity (Wildman–Crippen MR) is 145 cm³/mol. The highest BCUT2D eigenvalue weighted by Crippen LogP contribution is 2.33. The number of benzene rings is 2. The standard InChI is InChI=1S/C26H25IN2O6S/c1-5-34-19-12-15(11-18(27)23(19)30)13-20-24(31)29-22(16-7-9-17(33-4)10-8-16)21(25(32)35-6-2)14(3)28-26(29)36-20/h7-13,22,30H,5-6H2,1-4H3/b20-13+. The number of phenolic OH excluding ortho intramolecular Hbond substituents is 1. The SMILES string of the molecule is CCOC(=O)C1=C(C)N=c2s/c(=C/c3cc(I)c(O)c(OCC)c3)c(=O)n2C1c1ccc(OC)cc1. The Morgan fingerprint density at radius 2 is 1.94 bits per heavy atom. The van der Waals surface area contributed by atoms with E-state index in [-0.39, 0.29) is 17.9 Å². The summed E-state index contributed by atoms with van der Waals surface area (Å²) < 4.78 is 18.7. The number of aromatic nitrogens is 1. The molecular weight excluding hydrogens is 595 g/mol. The first-order valence-corrected chi connectivity index (χ1v) is 13.2. The molecule has 1 aromatic heterocycles. The zero-order valence-electron chi connectivity index (χ0n) is 20.2. The van der Waals surface area contributed by atoms with Gasteiger partial charge in [-0.1, -0.05) is 23.5 Å². The summed E-state index contributed by atoms with van der Waals surface area (Å²) in [5, 5.41) is 10.3. The highest BCUT2D eigenvalue weighted by Gasteiger charge is 2.33. The third kappa shape index (κ3) is 4.92. The molecule has 1 atom stereocenters. The fraction of sp³-hybridized carbons (Fsp3) is 0.269. The van der Waals surface area contributed by atoms with E-state index < -0.39 is 12.0 Å². The van der Waals surface area contributed by atoms with Crippen LogP contribution in [0.3, 0.4) is 0 Å². The molecule has 0 saturated carbocycles. The summed E-state index contributed by atoms with van der Waals surface area (Å²) in [6.45, 7) is 5.92. The van der Waals surface area contributed by atoms with Crippen LogP contribution in [0.15, 0.2) is 57.5 Å². The summed E-state index contributed by atoms with van der Waals surface area (Å²) in [7, 11) is 1.58. The van der Waals surface area contributed by atoms with Crippen LogP contribution in [-0.4, -0.2) is 36.0 Å². The van der Waals surface area contributed by atoms with Crippen molar-refractivity contribution in [1.29, 1.82) is 0 Å². The number of ether oxygens (including phenoxy) is 3. The first-order valence-electron chi connectivity index (χ1n) is 11.3. The van der Waals surface area contributed by atoms with Crippen molar-refractivity contribution in [2.24, 2.45) is 4.99 Å². The molecule has 0 spiro atoms. The maximum Gasteiger partial charge on any atom is 0.338 e. The number of aromatic hydroxyl groups is 1. The quantitative estimate of drug-likeness (QED) is 0.321. The van der Waals surface area contributed by atoms with Crippen LogP contribution < -0.4 is 24.4 Å². The molecular formula is C26H25IN2O6S. The molecule has 188 valence electrons. The van der Waals surface area contributed by atoms with Gasteiger partial charge in [-0.25, -0.2) is 9.79 Å². The predicted octanol–water partition coefficient (Wildman–Crippen LogP) is 3.52. The third-order valence-corrected chi connectivity index (χ3v) is 7.40. The van der Waals surface area contributed by atoms with Gasteiger partial charge in [0.2, 0.25) is 0 Å². The van der Waals surface area contributed by atoms with Crippen molar-refractivity contribution in [3.05, 3.63) is 82.1 Å². The minimum Gasteiger partial charge on any atom is -0.504 e. The van der Waals surface area contributed by atoms with Crippen molar-refractivity contribution in [3.8, 4) is 17.2 Å². The lowest BCUT2D eigenvalue weighted by Crippen LogP contribution is -2.39. The van der Waals surface area contributed by atoms with Crippen molar-refractivity contribution in [2.75, 3.05) is 20.3 Å². The van der Waals surface area contributed by atoms with E-state index in [2.05, 4.69) is 4.99 Å². The van der Waals surface area contributed by atoms with Crippen molar-refractivity contribution in [1.82, 2.24) is 4.57 Å². The fourth-order valence-corrected chi connectivity index (χ4v) is 5.66. The summed E-state index contributed by atoms with van der Waals surface area (Å²) in [4.78, 5) is 31.8. The van der Waals surface area contributed by atoms with E-state index in [1.165, 1.54) is 15.9 Å². The molecule has 0 radical (unpaired) electrons. The number of phenols is 1. The monoisotopic (exact) mass is 620 g/mol. The Kier molecular flexibility index (Phi) is 7.84. The minimum atomic E-state index is -0.702. The smallest absolute Gasteiger partial charge is 0.338 e. The molecule has 0 fully saturated rings. The van der Waals surface area contributed by atoms with Gasteiger partial charge in [-0.2, -0.15) is 0 Å². The van der Waals surface area contributed by atoms with Crippen molar-refractivity contribution in [3.63, 3.8) is 0 Å². The van der Waals surface area contributed by atoms with E-state index in [1.54, 1.807) is 51.3 Å². The fourth-order valence-electron chi connectivity index (χ4n) is 3.99. The summed E-state index contributed by atoms with van der Waals surface area (Å²) >= 11 is 3.26. The summed E-state index contributed by atoms with van der Waals surface area (Å²) in [5.74, 6) is 0.560. The zero-order chi connectivity index (χ0) is 26.0. The third-order valence-electron chi connectivity index (χ3n) is 5.60. The van der Waals surface area contributed by atoms with Gasteiger partial charge < -0.3 is 19.3 Å². The number of halogens is 1. The van der Waals surface area contributed by atoms with Gasteiger partial charge in [0.1, 0.15) is 5.75 Å². The van der Waals surface area contributed by atoms with Gasteiger partial charge >= 0.3 is 5.97 Å². The molecule has 4 rings (SSSR count). The second-order valence-corrected chi connectivity index (χ2v) is 10.0. The van der Waals surface area contributed by atoms with E-state index in [0.717, 1.165) is 5.56 Å². The Balaban J connectivity index is 1.93. The number of hydrogen-bond donors (Lipinski definition) is 1. The van der Waals surface area contributed by atoms with Crippen LogP contribution in [0.4, 0.5) is 0 Å². The zero-order valence-corrected chi connectivity index (χ0v) is 23.2. The van der Waals surface area contributed by atoms with Gasteiger partial charge in [0, 0.05) is 0 Å². The Morgan fingerprint density at radius 3 is 2.58 bits per heavy atom. The molecule has 36 heavy (non-hydrogen) atoms. The number of carbonyl (C=O) groups is 1. The molecule has 0 amide bonds. The number of methoxy groups -OCH3 is 1. The molecule has 1 aliphatic rings. The lowest BCUT2D eigenvalue weighted by molar-refractivity contribution is -0.139. The number of allylic oxidation sites excluding steroid dienone is 1. The summed E-state index contributed by atoms with van der Waals surface area (Å²) in [6.07, 6.45) is 1.74. The number of esters is 1. The number of rotatable bonds is 7. The lowest BCUT2D eigenvalue weighted by Gasteiger charge is -2.24. The number of carbonyl (C=O) groups excluding carboxylic acids is 1. The van der Waals surface area contributed by atoms with Crippen molar-refractivity contribution in [2.45, 2.75) is 26.8 Å². The van der Waals surface area contributed by atoms with Crippen LogP contribution >= 0.6 is 33.9 Å². The molecule has 0 aliphatic carbocycles. The van der Waals surface area contributed by atoms with Crippen LogP contribution in [0.1, 0.15) is 37.9 Å². The topological polar surface area (TPSA) is 99.4 Å². The Morgan fingerprint density at radius 1 is 1.22 bits per heavy atom. The van der Waals surface area contributed by atoms with Crippen LogP contribution in [0.2, 0.25) is 0 Å². The largest absolute Gasteiger partial charge is 0.504 e. The minimum absolute atomic E-state index is 0.0604. The summed E-state index contributed by atoms with van der Waals surface area (Å²) in [5.41, 5.74) is 1.97. The van der Waals surface area contributed by atoms with E-state index >= 15 is 0 Å². The first-order chi connectivity index (χ1) is 17.3. The molecule has 10 heteroatoms. The molecule has 1 unspecified atom stereocenters. The van der Waals surface area contributed by atoms with E-state index in [1.807, 2.05) is 41.6 Å². The maximum absolute atomic E-state index is 13.7. The maximum atomic E-state index is 13.7. The van der Waals surface area contributed by atoms with Crippen molar-refractivity contribution < 1.29 is 24.1 Å². The van der Waals surface area contributed by atoms with Gasteiger partial charge in [-0.3, -0.25) is 9.36 Å². The lowest BCUT2D eigenvalue weighted by atomic mass is 9.96. The molecule has 1 N–H and O–H groups in total. The second-order valence-electron chi connectivity index (χ2n) is 7.86. The van der Waals surface area contributed by atoms with Crippen LogP contribution in [-0.2, 0) is 9.53 Å². The number of hydrogen-bond acceptors (Lipinski definition) is 8.